The van der Waals surface area contributed by atoms with E-state index in [0.29, 0.717) is 11.2 Å². The molecule has 1 atom stereocenters. The molecule has 1 heterocycles. The Morgan fingerprint density at radius 2 is 2.17 bits per heavy atom. The summed E-state index contributed by atoms with van der Waals surface area (Å²) < 4.78 is 0. The van der Waals surface area contributed by atoms with E-state index in [-0.39, 0.29) is 0 Å². The van der Waals surface area contributed by atoms with E-state index in [4.69, 9.17) is 18.0 Å². The van der Waals surface area contributed by atoms with E-state index >= 15 is 0 Å². The summed E-state index contributed by atoms with van der Waals surface area (Å²) in [4.78, 5) is 2.46. The molecule has 0 aromatic carbocycles. The third kappa shape index (κ3) is 2.95. The fraction of sp³-hybridized carbons (Fsp3) is 0.875. The lowest BCUT2D eigenvalue weighted by atomic mass is 10.3. The molecule has 1 saturated heterocycles. The molecule has 1 aliphatic heterocycles. The van der Waals surface area contributed by atoms with Gasteiger partial charge in [0.05, 0.1) is 0 Å². The molecule has 0 bridgehead atoms. The van der Waals surface area contributed by atoms with Crippen LogP contribution in [0.25, 0.3) is 0 Å². The van der Waals surface area contributed by atoms with E-state index in [0.717, 1.165) is 6.54 Å². The van der Waals surface area contributed by atoms with Gasteiger partial charge in [0.25, 0.3) is 0 Å². The lowest BCUT2D eigenvalue weighted by molar-refractivity contribution is 0.259. The molecular formula is C8H17N3S. The largest absolute Gasteiger partial charge is 0.376 e. The third-order valence-corrected chi connectivity index (χ3v) is 2.48. The predicted octanol–water partition coefficient (Wildman–Crippen LogP) is 0.304. The molecule has 1 rings (SSSR count). The quantitative estimate of drug-likeness (QED) is 0.624. The van der Waals surface area contributed by atoms with Crippen molar-refractivity contribution in [2.24, 2.45) is 5.73 Å². The van der Waals surface area contributed by atoms with Crippen molar-refractivity contribution < 1.29 is 0 Å². The Morgan fingerprint density at radius 1 is 1.58 bits per heavy atom. The highest BCUT2D eigenvalue weighted by molar-refractivity contribution is 7.80. The maximum absolute atomic E-state index is 5.34. The first-order valence-corrected chi connectivity index (χ1v) is 4.88. The number of hydrogen-bond donors (Lipinski definition) is 2. The molecule has 1 aliphatic rings. The van der Waals surface area contributed by atoms with Crippen molar-refractivity contribution in [3.05, 3.63) is 0 Å². The Hall–Kier alpha value is -0.350. The van der Waals surface area contributed by atoms with Crippen LogP contribution in [0.3, 0.4) is 0 Å². The van der Waals surface area contributed by atoms with E-state index in [1.54, 1.807) is 0 Å². The van der Waals surface area contributed by atoms with Crippen molar-refractivity contribution in [3.63, 3.8) is 0 Å². The van der Waals surface area contributed by atoms with Gasteiger partial charge in [0.2, 0.25) is 0 Å². The van der Waals surface area contributed by atoms with Crippen molar-refractivity contribution in [2.45, 2.75) is 25.8 Å². The zero-order valence-electron chi connectivity index (χ0n) is 7.55. The molecule has 0 aromatic heterocycles. The number of nitrogens with two attached hydrogens (primary N) is 1. The van der Waals surface area contributed by atoms with Gasteiger partial charge in [-0.15, -0.1) is 0 Å². The van der Waals surface area contributed by atoms with Crippen molar-refractivity contribution in [3.8, 4) is 0 Å². The smallest absolute Gasteiger partial charge is 0.163 e. The summed E-state index contributed by atoms with van der Waals surface area (Å²) in [6, 6.07) is 0.550. The second-order valence-corrected chi connectivity index (χ2v) is 3.78. The minimum atomic E-state index is 0.404. The molecule has 0 saturated carbocycles. The van der Waals surface area contributed by atoms with Gasteiger partial charge in [-0.3, -0.25) is 4.90 Å². The minimum Gasteiger partial charge on any atom is -0.376 e. The van der Waals surface area contributed by atoms with Gasteiger partial charge in [0, 0.05) is 12.6 Å². The van der Waals surface area contributed by atoms with E-state index in [9.17, 15) is 0 Å². The van der Waals surface area contributed by atoms with E-state index in [2.05, 4.69) is 17.1 Å². The Balaban J connectivity index is 2.17. The van der Waals surface area contributed by atoms with Crippen LogP contribution in [0.5, 0.6) is 0 Å². The summed E-state index contributed by atoms with van der Waals surface area (Å²) in [5.74, 6) is 0. The Bertz CT molecular complexity index is 154. The predicted molar refractivity (Wildman–Crippen MR) is 55.1 cm³/mol. The Morgan fingerprint density at radius 3 is 2.67 bits per heavy atom. The number of rotatable bonds is 3. The SMILES string of the molecule is CC(CNC(N)=S)N1CCCC1. The summed E-state index contributed by atoms with van der Waals surface area (Å²) in [7, 11) is 0. The topological polar surface area (TPSA) is 41.3 Å². The van der Waals surface area contributed by atoms with Crippen LogP contribution in [0.15, 0.2) is 0 Å². The van der Waals surface area contributed by atoms with Crippen molar-refractivity contribution in [2.75, 3.05) is 19.6 Å². The minimum absolute atomic E-state index is 0.404. The number of thiocarbonyl (C=S) groups is 1. The van der Waals surface area contributed by atoms with E-state index in [1.165, 1.54) is 25.9 Å². The number of nitrogens with one attached hydrogen (secondary N) is 1. The van der Waals surface area contributed by atoms with Crippen LogP contribution in [-0.2, 0) is 0 Å². The summed E-state index contributed by atoms with van der Waals surface area (Å²) in [6.07, 6.45) is 2.66. The molecule has 0 spiro atoms. The molecule has 3 N–H and O–H groups in total. The van der Waals surface area contributed by atoms with Gasteiger partial charge >= 0.3 is 0 Å². The first-order chi connectivity index (χ1) is 5.70. The fourth-order valence-electron chi connectivity index (χ4n) is 1.56. The molecule has 12 heavy (non-hydrogen) atoms. The van der Waals surface area contributed by atoms with Crippen LogP contribution in [0.2, 0.25) is 0 Å². The highest BCUT2D eigenvalue weighted by atomic mass is 32.1. The van der Waals surface area contributed by atoms with E-state index < -0.39 is 0 Å². The Labute approximate surface area is 79.3 Å². The zero-order chi connectivity index (χ0) is 8.97. The monoisotopic (exact) mass is 187 g/mol. The van der Waals surface area contributed by atoms with Gasteiger partial charge in [-0.25, -0.2) is 0 Å². The maximum atomic E-state index is 5.34. The zero-order valence-corrected chi connectivity index (χ0v) is 8.36. The summed E-state index contributed by atoms with van der Waals surface area (Å²) in [5, 5.41) is 3.39. The second kappa shape index (κ2) is 4.62. The molecule has 4 heteroatoms. The number of hydrogen-bond acceptors (Lipinski definition) is 2. The molecule has 0 aromatic rings. The maximum Gasteiger partial charge on any atom is 0.163 e. The standard InChI is InChI=1S/C8H17N3S/c1-7(6-10-8(9)12)11-4-2-3-5-11/h7H,2-6H2,1H3,(H3,9,10,12). The van der Waals surface area contributed by atoms with Gasteiger partial charge in [0.15, 0.2) is 5.11 Å². The average molecular weight is 187 g/mol. The second-order valence-electron chi connectivity index (χ2n) is 3.34. The van der Waals surface area contributed by atoms with Crippen molar-refractivity contribution in [1.82, 2.24) is 10.2 Å². The molecule has 70 valence electrons. The van der Waals surface area contributed by atoms with Crippen LogP contribution in [0.1, 0.15) is 19.8 Å². The molecule has 0 amide bonds. The Kier molecular flexibility index (Phi) is 3.75. The highest BCUT2D eigenvalue weighted by Gasteiger charge is 2.17. The fourth-order valence-corrected chi connectivity index (χ4v) is 1.64. The van der Waals surface area contributed by atoms with Gasteiger partial charge < -0.3 is 11.1 Å². The summed E-state index contributed by atoms with van der Waals surface area (Å²) in [6.45, 7) is 5.52. The first-order valence-electron chi connectivity index (χ1n) is 4.47. The van der Waals surface area contributed by atoms with Gasteiger partial charge in [0.1, 0.15) is 0 Å². The number of likely N-dealkylation sites (tertiary alicyclic amines) is 1. The lowest BCUT2D eigenvalue weighted by Gasteiger charge is -2.23. The highest BCUT2D eigenvalue weighted by Crippen LogP contribution is 2.10. The van der Waals surface area contributed by atoms with Crippen LogP contribution in [0, 0.1) is 0 Å². The number of nitrogens with zero attached hydrogens (tertiary/aromatic N) is 1. The van der Waals surface area contributed by atoms with Gasteiger partial charge in [-0.2, -0.15) is 0 Å². The van der Waals surface area contributed by atoms with Crippen molar-refractivity contribution >= 4 is 17.3 Å². The molecule has 0 radical (unpaired) electrons. The summed E-state index contributed by atoms with van der Waals surface area (Å²) >= 11 is 4.74. The molecule has 1 unspecified atom stereocenters. The summed E-state index contributed by atoms with van der Waals surface area (Å²) in [5.41, 5.74) is 5.34. The lowest BCUT2D eigenvalue weighted by Crippen LogP contribution is -2.42. The van der Waals surface area contributed by atoms with Gasteiger partial charge in [-0.05, 0) is 45.1 Å². The van der Waals surface area contributed by atoms with Crippen LogP contribution in [0.4, 0.5) is 0 Å². The third-order valence-electron chi connectivity index (χ3n) is 2.34. The normalized spacial score (nSPS) is 20.8. The van der Waals surface area contributed by atoms with E-state index in [1.807, 2.05) is 0 Å². The van der Waals surface area contributed by atoms with Gasteiger partial charge in [-0.1, -0.05) is 0 Å². The molecule has 3 nitrogen and oxygen atoms in total. The first kappa shape index (κ1) is 9.74. The van der Waals surface area contributed by atoms with Crippen LogP contribution in [-0.4, -0.2) is 35.7 Å². The van der Waals surface area contributed by atoms with Crippen LogP contribution >= 0.6 is 12.2 Å². The molecule has 0 aliphatic carbocycles. The molecule has 1 fully saturated rings. The molecular weight excluding hydrogens is 170 g/mol. The average Bonchev–Trinajstić information content (AvgIpc) is 2.51. The van der Waals surface area contributed by atoms with Crippen LogP contribution < -0.4 is 11.1 Å². The van der Waals surface area contributed by atoms with Crippen molar-refractivity contribution in [1.29, 1.82) is 0 Å².